The van der Waals surface area contributed by atoms with Crippen LogP contribution in [0.2, 0.25) is 0 Å². The predicted octanol–water partition coefficient (Wildman–Crippen LogP) is 0.882. The van der Waals surface area contributed by atoms with Crippen LogP contribution in [0, 0.1) is 12.7 Å². The van der Waals surface area contributed by atoms with Crippen molar-refractivity contribution in [3.05, 3.63) is 29.6 Å². The molecule has 1 aliphatic heterocycles. The molecule has 0 radical (unpaired) electrons. The molecule has 2 rings (SSSR count). The molecule has 0 atom stereocenters. The molecule has 7 nitrogen and oxygen atoms in total. The van der Waals surface area contributed by atoms with Crippen molar-refractivity contribution in [2.45, 2.75) is 19.8 Å². The number of aryl methyl sites for hydroxylation is 1. The Labute approximate surface area is 125 Å². The maximum Gasteiger partial charge on any atom is 0.355 e. The van der Waals surface area contributed by atoms with E-state index >= 15 is 0 Å². The Morgan fingerprint density at radius 2 is 2.18 bits per heavy atom. The normalized spacial score (nSPS) is 13.9. The van der Waals surface area contributed by atoms with Gasteiger partial charge >= 0.3 is 5.97 Å². The van der Waals surface area contributed by atoms with Gasteiger partial charge in [0.05, 0.1) is 0 Å². The number of esters is 1. The molecule has 0 unspecified atom stereocenters. The Hall–Kier alpha value is -2.77. The van der Waals surface area contributed by atoms with Gasteiger partial charge in [0.15, 0.2) is 6.61 Å². The van der Waals surface area contributed by atoms with Crippen molar-refractivity contribution < 1.29 is 23.5 Å². The fourth-order valence-corrected chi connectivity index (χ4v) is 1.70. The monoisotopic (exact) mass is 307 g/mol. The van der Waals surface area contributed by atoms with Crippen LogP contribution in [0.5, 0.6) is 0 Å². The van der Waals surface area contributed by atoms with Crippen molar-refractivity contribution in [1.82, 2.24) is 5.43 Å². The lowest BCUT2D eigenvalue weighted by atomic mass is 10.2. The molecule has 0 saturated carbocycles. The summed E-state index contributed by atoms with van der Waals surface area (Å²) in [5.41, 5.74) is 2.94. The summed E-state index contributed by atoms with van der Waals surface area (Å²) in [6.45, 7) is 1.08. The highest BCUT2D eigenvalue weighted by Gasteiger charge is 2.20. The zero-order valence-electron chi connectivity index (χ0n) is 11.8. The van der Waals surface area contributed by atoms with E-state index in [4.69, 9.17) is 4.74 Å². The molecule has 1 aliphatic rings. The fourth-order valence-electron chi connectivity index (χ4n) is 1.70. The van der Waals surface area contributed by atoms with Crippen LogP contribution in [0.15, 0.2) is 23.3 Å². The second-order valence-corrected chi connectivity index (χ2v) is 4.68. The van der Waals surface area contributed by atoms with Crippen LogP contribution in [0.1, 0.15) is 18.4 Å². The van der Waals surface area contributed by atoms with E-state index in [2.05, 4.69) is 15.8 Å². The zero-order valence-corrected chi connectivity index (χ0v) is 11.8. The molecule has 1 aromatic carbocycles. The molecule has 2 N–H and O–H groups in total. The van der Waals surface area contributed by atoms with E-state index in [-0.39, 0.29) is 30.1 Å². The lowest BCUT2D eigenvalue weighted by Gasteiger charge is -2.11. The molecule has 1 heterocycles. The predicted molar refractivity (Wildman–Crippen MR) is 75.5 cm³/mol. The molecule has 0 spiro atoms. The molecular weight excluding hydrogens is 293 g/mol. The lowest BCUT2D eigenvalue weighted by Crippen LogP contribution is -2.32. The number of ether oxygens (including phenoxy) is 1. The number of nitrogens with zero attached hydrogens (tertiary/aromatic N) is 1. The van der Waals surface area contributed by atoms with Gasteiger partial charge in [0.25, 0.3) is 5.91 Å². The number of carbonyl (C=O) groups is 3. The number of carbonyl (C=O) groups excluding carboxylic acids is 3. The molecular formula is C14H14FN3O4. The van der Waals surface area contributed by atoms with Gasteiger partial charge in [-0.2, -0.15) is 5.10 Å². The van der Waals surface area contributed by atoms with E-state index in [1.54, 1.807) is 13.0 Å². The Bertz CT molecular complexity index is 657. The van der Waals surface area contributed by atoms with Crippen LogP contribution in [0.4, 0.5) is 10.1 Å². The van der Waals surface area contributed by atoms with Gasteiger partial charge < -0.3 is 10.1 Å². The third-order valence-electron chi connectivity index (χ3n) is 2.93. The van der Waals surface area contributed by atoms with Crippen LogP contribution in [0.25, 0.3) is 0 Å². The number of hydrogen-bond donors (Lipinski definition) is 2. The number of anilines is 1. The Morgan fingerprint density at radius 1 is 1.41 bits per heavy atom. The summed E-state index contributed by atoms with van der Waals surface area (Å²) < 4.78 is 18.1. The Kier molecular flexibility index (Phi) is 4.82. The fraction of sp³-hybridized carbons (Fsp3) is 0.286. The van der Waals surface area contributed by atoms with E-state index in [9.17, 15) is 18.8 Å². The Balaban J connectivity index is 1.83. The largest absolute Gasteiger partial charge is 0.451 e. The summed E-state index contributed by atoms with van der Waals surface area (Å²) in [7, 11) is 0. The highest BCUT2D eigenvalue weighted by molar-refractivity contribution is 6.37. The van der Waals surface area contributed by atoms with Crippen LogP contribution < -0.4 is 10.7 Å². The SMILES string of the molecule is Cc1ccc(NC(=O)COC(=O)C2=NNC(=O)CC2)cc1F. The number of hydrogen-bond acceptors (Lipinski definition) is 5. The average Bonchev–Trinajstić information content (AvgIpc) is 2.49. The first-order chi connectivity index (χ1) is 10.5. The summed E-state index contributed by atoms with van der Waals surface area (Å²) in [4.78, 5) is 34.1. The number of rotatable bonds is 4. The smallest absolute Gasteiger partial charge is 0.355 e. The van der Waals surface area contributed by atoms with Crippen molar-refractivity contribution in [3.63, 3.8) is 0 Å². The van der Waals surface area contributed by atoms with Crippen LogP contribution >= 0.6 is 0 Å². The number of benzene rings is 1. The van der Waals surface area contributed by atoms with Gasteiger partial charge in [-0.15, -0.1) is 0 Å². The highest BCUT2D eigenvalue weighted by Crippen LogP contribution is 2.13. The highest BCUT2D eigenvalue weighted by atomic mass is 19.1. The summed E-state index contributed by atoms with van der Waals surface area (Å²) >= 11 is 0. The molecule has 1 aromatic rings. The van der Waals surface area contributed by atoms with E-state index in [0.29, 0.717) is 5.56 Å². The lowest BCUT2D eigenvalue weighted by molar-refractivity contribution is -0.140. The third kappa shape index (κ3) is 4.11. The minimum Gasteiger partial charge on any atom is -0.451 e. The molecule has 2 amide bonds. The number of hydrazone groups is 1. The van der Waals surface area contributed by atoms with Crippen LogP contribution in [0.3, 0.4) is 0 Å². The molecule has 0 aromatic heterocycles. The molecule has 116 valence electrons. The van der Waals surface area contributed by atoms with Gasteiger partial charge in [0.2, 0.25) is 5.91 Å². The van der Waals surface area contributed by atoms with E-state index in [1.807, 2.05) is 0 Å². The average molecular weight is 307 g/mol. The van der Waals surface area contributed by atoms with Gasteiger partial charge in [0.1, 0.15) is 11.5 Å². The molecule has 8 heteroatoms. The van der Waals surface area contributed by atoms with Crippen molar-refractivity contribution in [2.24, 2.45) is 5.10 Å². The maximum absolute atomic E-state index is 13.3. The minimum atomic E-state index is -0.773. The molecule has 0 aliphatic carbocycles. The number of amides is 2. The summed E-state index contributed by atoms with van der Waals surface area (Å²) in [5.74, 6) is -2.10. The number of halogens is 1. The van der Waals surface area contributed by atoms with E-state index in [1.165, 1.54) is 12.1 Å². The minimum absolute atomic E-state index is 0.0498. The first-order valence-corrected chi connectivity index (χ1v) is 6.54. The van der Waals surface area contributed by atoms with Gasteiger partial charge in [-0.25, -0.2) is 14.6 Å². The van der Waals surface area contributed by atoms with Crippen molar-refractivity contribution >= 4 is 29.2 Å². The Morgan fingerprint density at radius 3 is 2.82 bits per heavy atom. The first kappa shape index (κ1) is 15.6. The maximum atomic E-state index is 13.3. The van der Waals surface area contributed by atoms with Crippen LogP contribution in [-0.4, -0.2) is 30.1 Å². The van der Waals surface area contributed by atoms with Gasteiger partial charge in [-0.05, 0) is 24.6 Å². The quantitative estimate of drug-likeness (QED) is 0.807. The zero-order chi connectivity index (χ0) is 16.1. The summed E-state index contributed by atoms with van der Waals surface area (Å²) in [6, 6.07) is 4.24. The molecule has 0 fully saturated rings. The van der Waals surface area contributed by atoms with Gasteiger partial charge in [-0.3, -0.25) is 9.59 Å². The van der Waals surface area contributed by atoms with Gasteiger partial charge in [0, 0.05) is 18.5 Å². The summed E-state index contributed by atoms with van der Waals surface area (Å²) in [5, 5.41) is 5.96. The van der Waals surface area contributed by atoms with Crippen LogP contribution in [-0.2, 0) is 19.1 Å². The van der Waals surface area contributed by atoms with Crippen molar-refractivity contribution in [3.8, 4) is 0 Å². The third-order valence-corrected chi connectivity index (χ3v) is 2.93. The second-order valence-electron chi connectivity index (χ2n) is 4.68. The van der Waals surface area contributed by atoms with Crippen molar-refractivity contribution in [1.29, 1.82) is 0 Å². The second kappa shape index (κ2) is 6.79. The molecule has 0 bridgehead atoms. The molecule has 0 saturated heterocycles. The first-order valence-electron chi connectivity index (χ1n) is 6.54. The summed E-state index contributed by atoms with van der Waals surface area (Å²) in [6.07, 6.45) is 0.304. The van der Waals surface area contributed by atoms with Gasteiger partial charge in [-0.1, -0.05) is 6.07 Å². The van der Waals surface area contributed by atoms with E-state index in [0.717, 1.165) is 0 Å². The van der Waals surface area contributed by atoms with E-state index < -0.39 is 24.3 Å². The number of nitrogens with one attached hydrogen (secondary N) is 2. The van der Waals surface area contributed by atoms with Crippen molar-refractivity contribution in [2.75, 3.05) is 11.9 Å². The standard InChI is InChI=1S/C14H14FN3O4/c1-8-2-3-9(6-10(8)15)16-13(20)7-22-14(21)11-4-5-12(19)18-17-11/h2-3,6H,4-5,7H2,1H3,(H,16,20)(H,18,19). The topological polar surface area (TPSA) is 96.9 Å². The molecule has 22 heavy (non-hydrogen) atoms.